The van der Waals surface area contributed by atoms with Gasteiger partial charge in [-0.2, -0.15) is 0 Å². The fourth-order valence-electron chi connectivity index (χ4n) is 2.15. The molecule has 2 aromatic carbocycles. The van der Waals surface area contributed by atoms with Gasteiger partial charge in [-0.05, 0) is 23.6 Å². The van der Waals surface area contributed by atoms with Crippen LogP contribution in [0.15, 0.2) is 42.6 Å². The smallest absolute Gasteiger partial charge is 0.256 e. The molecule has 0 radical (unpaired) electrons. The molecule has 0 unspecified atom stereocenters. The summed E-state index contributed by atoms with van der Waals surface area (Å²) in [6.07, 6.45) is -1.08. The van der Waals surface area contributed by atoms with Gasteiger partial charge in [0.25, 0.3) is 6.43 Å². The molecule has 1 heterocycles. The Labute approximate surface area is 101 Å². The van der Waals surface area contributed by atoms with Crippen LogP contribution in [0.5, 0.6) is 0 Å². The molecule has 0 N–H and O–H groups in total. The zero-order valence-electron chi connectivity index (χ0n) is 9.20. The third-order valence-electron chi connectivity index (χ3n) is 2.94. The number of benzene rings is 2. The topological polar surface area (TPSA) is 12.9 Å². The lowest BCUT2D eigenvalue weighted by molar-refractivity contribution is 0.153. The van der Waals surface area contributed by atoms with Crippen molar-refractivity contribution in [2.24, 2.45) is 0 Å². The van der Waals surface area contributed by atoms with E-state index >= 15 is 0 Å². The average Bonchev–Trinajstić information content (AvgIpc) is 2.37. The molecule has 0 saturated carbocycles. The number of pyridine rings is 1. The predicted molar refractivity (Wildman–Crippen MR) is 64.2 cm³/mol. The highest BCUT2D eigenvalue weighted by Crippen LogP contribution is 2.32. The SMILES string of the molecule is Fc1ccc2c(cnc3cccc(C(F)F)c32)c1. The molecule has 3 aromatic rings. The van der Waals surface area contributed by atoms with E-state index in [1.807, 2.05) is 0 Å². The van der Waals surface area contributed by atoms with Gasteiger partial charge in [0, 0.05) is 22.5 Å². The van der Waals surface area contributed by atoms with Crippen LogP contribution >= 0.6 is 0 Å². The Morgan fingerprint density at radius 1 is 1.06 bits per heavy atom. The highest BCUT2D eigenvalue weighted by Gasteiger charge is 2.14. The summed E-state index contributed by atoms with van der Waals surface area (Å²) in [5, 5.41) is 1.51. The lowest BCUT2D eigenvalue weighted by Gasteiger charge is -2.08. The molecule has 0 aliphatic carbocycles. The van der Waals surface area contributed by atoms with Crippen molar-refractivity contribution in [1.82, 2.24) is 4.98 Å². The number of hydrogen-bond donors (Lipinski definition) is 0. The minimum Gasteiger partial charge on any atom is -0.256 e. The van der Waals surface area contributed by atoms with Crippen LogP contribution in [0.25, 0.3) is 21.7 Å². The molecule has 0 aliphatic heterocycles. The molecule has 0 aliphatic rings. The number of nitrogens with zero attached hydrogens (tertiary/aromatic N) is 1. The molecule has 0 atom stereocenters. The van der Waals surface area contributed by atoms with E-state index in [0.717, 1.165) is 0 Å². The first-order valence-electron chi connectivity index (χ1n) is 5.42. The first-order chi connectivity index (χ1) is 8.66. The lowest BCUT2D eigenvalue weighted by Crippen LogP contribution is -1.90. The highest BCUT2D eigenvalue weighted by atomic mass is 19.3. The van der Waals surface area contributed by atoms with E-state index in [0.29, 0.717) is 21.7 Å². The number of fused-ring (bicyclic) bond motifs is 3. The molecular weight excluding hydrogens is 239 g/mol. The first kappa shape index (κ1) is 11.0. The Morgan fingerprint density at radius 3 is 2.67 bits per heavy atom. The van der Waals surface area contributed by atoms with Crippen molar-refractivity contribution in [2.45, 2.75) is 6.43 Å². The molecule has 0 bridgehead atoms. The van der Waals surface area contributed by atoms with Crippen LogP contribution in [0.3, 0.4) is 0 Å². The van der Waals surface area contributed by atoms with Gasteiger partial charge in [-0.3, -0.25) is 4.98 Å². The van der Waals surface area contributed by atoms with Crippen molar-refractivity contribution in [1.29, 1.82) is 0 Å². The third-order valence-corrected chi connectivity index (χ3v) is 2.94. The summed E-state index contributed by atoms with van der Waals surface area (Å²) in [4.78, 5) is 4.09. The van der Waals surface area contributed by atoms with Crippen molar-refractivity contribution in [3.63, 3.8) is 0 Å². The minimum atomic E-state index is -2.58. The predicted octanol–water partition coefficient (Wildman–Crippen LogP) is 4.46. The second-order valence-corrected chi connectivity index (χ2v) is 4.03. The lowest BCUT2D eigenvalue weighted by atomic mass is 10.0. The van der Waals surface area contributed by atoms with Gasteiger partial charge in [0.15, 0.2) is 0 Å². The van der Waals surface area contributed by atoms with Gasteiger partial charge in [-0.1, -0.05) is 18.2 Å². The maximum absolute atomic E-state index is 13.1. The van der Waals surface area contributed by atoms with E-state index in [4.69, 9.17) is 0 Å². The van der Waals surface area contributed by atoms with Crippen molar-refractivity contribution < 1.29 is 13.2 Å². The summed E-state index contributed by atoms with van der Waals surface area (Å²) in [7, 11) is 0. The Morgan fingerprint density at radius 2 is 1.89 bits per heavy atom. The molecule has 0 fully saturated rings. The van der Waals surface area contributed by atoms with Crippen LogP contribution in [0.2, 0.25) is 0 Å². The van der Waals surface area contributed by atoms with Crippen molar-refractivity contribution in [3.8, 4) is 0 Å². The van der Waals surface area contributed by atoms with E-state index in [9.17, 15) is 13.2 Å². The zero-order valence-corrected chi connectivity index (χ0v) is 9.20. The summed E-state index contributed by atoms with van der Waals surface area (Å²) >= 11 is 0. The third kappa shape index (κ3) is 1.61. The first-order valence-corrected chi connectivity index (χ1v) is 5.42. The molecule has 4 heteroatoms. The van der Waals surface area contributed by atoms with Gasteiger partial charge in [0.2, 0.25) is 0 Å². The van der Waals surface area contributed by atoms with Gasteiger partial charge in [0.1, 0.15) is 5.82 Å². The van der Waals surface area contributed by atoms with Crippen LogP contribution in [0.1, 0.15) is 12.0 Å². The molecule has 0 saturated heterocycles. The second kappa shape index (κ2) is 3.98. The van der Waals surface area contributed by atoms with Crippen molar-refractivity contribution >= 4 is 21.7 Å². The normalized spacial score (nSPS) is 11.6. The van der Waals surface area contributed by atoms with Gasteiger partial charge < -0.3 is 0 Å². The monoisotopic (exact) mass is 247 g/mol. The van der Waals surface area contributed by atoms with Gasteiger partial charge in [-0.15, -0.1) is 0 Å². The Balaban J connectivity index is 2.51. The second-order valence-electron chi connectivity index (χ2n) is 4.03. The van der Waals surface area contributed by atoms with Crippen LogP contribution < -0.4 is 0 Å². The van der Waals surface area contributed by atoms with Crippen LogP contribution in [-0.2, 0) is 0 Å². The number of rotatable bonds is 1. The fourth-order valence-corrected chi connectivity index (χ4v) is 2.15. The molecule has 0 spiro atoms. The van der Waals surface area contributed by atoms with Gasteiger partial charge in [0.05, 0.1) is 5.52 Å². The summed E-state index contributed by atoms with van der Waals surface area (Å²) in [5.41, 5.74) is 0.420. The van der Waals surface area contributed by atoms with E-state index in [-0.39, 0.29) is 5.56 Å². The van der Waals surface area contributed by atoms with Crippen LogP contribution in [0, 0.1) is 5.82 Å². The Kier molecular flexibility index (Phi) is 2.44. The van der Waals surface area contributed by atoms with Gasteiger partial charge >= 0.3 is 0 Å². The number of aromatic nitrogens is 1. The maximum atomic E-state index is 13.1. The quantitative estimate of drug-likeness (QED) is 0.578. The Hall–Kier alpha value is -2.10. The largest absolute Gasteiger partial charge is 0.264 e. The average molecular weight is 247 g/mol. The number of halogens is 3. The summed E-state index contributed by atoms with van der Waals surface area (Å²) in [6, 6.07) is 8.67. The molecule has 3 rings (SSSR count). The van der Waals surface area contributed by atoms with E-state index in [1.54, 1.807) is 12.1 Å². The summed E-state index contributed by atoms with van der Waals surface area (Å²) in [5.74, 6) is -0.404. The number of alkyl halides is 2. The molecule has 1 aromatic heterocycles. The molecular formula is C14H8F3N. The molecule has 0 amide bonds. The van der Waals surface area contributed by atoms with Crippen LogP contribution in [-0.4, -0.2) is 4.98 Å². The zero-order chi connectivity index (χ0) is 12.7. The maximum Gasteiger partial charge on any atom is 0.264 e. The van der Waals surface area contributed by atoms with Crippen LogP contribution in [0.4, 0.5) is 13.2 Å². The van der Waals surface area contributed by atoms with Crippen molar-refractivity contribution in [2.75, 3.05) is 0 Å². The van der Waals surface area contributed by atoms with Crippen molar-refractivity contribution in [3.05, 3.63) is 54.0 Å². The standard InChI is InChI=1S/C14H8F3N/c15-9-4-5-10-8(6-9)7-18-12-3-1-2-11(13(10)12)14(16)17/h1-7,14H. The molecule has 1 nitrogen and oxygen atoms in total. The van der Waals surface area contributed by atoms with E-state index < -0.39 is 12.2 Å². The summed E-state index contributed by atoms with van der Waals surface area (Å²) < 4.78 is 39.1. The van der Waals surface area contributed by atoms with Gasteiger partial charge in [-0.25, -0.2) is 13.2 Å². The highest BCUT2D eigenvalue weighted by molar-refractivity contribution is 6.07. The number of hydrogen-bond acceptors (Lipinski definition) is 1. The fraction of sp³-hybridized carbons (Fsp3) is 0.0714. The minimum absolute atomic E-state index is 0.0720. The molecule has 90 valence electrons. The Bertz CT molecular complexity index is 738. The molecule has 18 heavy (non-hydrogen) atoms. The van der Waals surface area contributed by atoms with E-state index in [1.165, 1.54) is 30.5 Å². The summed E-state index contributed by atoms with van der Waals surface area (Å²) in [6.45, 7) is 0. The van der Waals surface area contributed by atoms with E-state index in [2.05, 4.69) is 4.98 Å².